The van der Waals surface area contributed by atoms with Gasteiger partial charge in [0, 0.05) is 18.8 Å². The summed E-state index contributed by atoms with van der Waals surface area (Å²) in [5, 5.41) is 22.4. The van der Waals surface area contributed by atoms with Crippen molar-refractivity contribution >= 4 is 15.7 Å². The topological polar surface area (TPSA) is 103 Å². The van der Waals surface area contributed by atoms with Gasteiger partial charge in [-0.3, -0.25) is 0 Å². The minimum Gasteiger partial charge on any atom is -0.487 e. The first-order valence-corrected chi connectivity index (χ1v) is 11.5. The number of benzene rings is 1. The minimum absolute atomic E-state index is 0.0409. The summed E-state index contributed by atoms with van der Waals surface area (Å²) >= 11 is 0. The zero-order valence-corrected chi connectivity index (χ0v) is 17.5. The number of nitrogens with zero attached hydrogens (tertiary/aromatic N) is 2. The highest BCUT2D eigenvalue weighted by Crippen LogP contribution is 2.41. The van der Waals surface area contributed by atoms with Crippen molar-refractivity contribution in [2.45, 2.75) is 43.8 Å². The molecule has 7 nitrogen and oxygen atoms in total. The van der Waals surface area contributed by atoms with Crippen molar-refractivity contribution in [3.8, 4) is 11.8 Å². The Morgan fingerprint density at radius 2 is 2.10 bits per heavy atom. The molecule has 3 rings (SSSR count). The van der Waals surface area contributed by atoms with E-state index in [2.05, 4.69) is 11.9 Å². The number of hydrogen-bond donors (Lipinski definition) is 2. The fourth-order valence-electron chi connectivity index (χ4n) is 4.02. The molecular weight excluding hydrogens is 416 g/mol. The van der Waals surface area contributed by atoms with Gasteiger partial charge in [0.1, 0.15) is 18.5 Å². The van der Waals surface area contributed by atoms with Crippen LogP contribution in [0.2, 0.25) is 0 Å². The number of alkyl halides is 2. The van der Waals surface area contributed by atoms with Crippen molar-refractivity contribution in [1.82, 2.24) is 4.31 Å². The van der Waals surface area contributed by atoms with Gasteiger partial charge in [-0.15, -0.1) is 0 Å². The molecule has 2 atom stereocenters. The molecule has 0 radical (unpaired) electrons. The summed E-state index contributed by atoms with van der Waals surface area (Å²) in [4.78, 5) is 0. The van der Waals surface area contributed by atoms with E-state index in [-0.39, 0.29) is 11.5 Å². The lowest BCUT2D eigenvalue weighted by atomic mass is 9.88. The van der Waals surface area contributed by atoms with E-state index in [1.54, 1.807) is 6.07 Å². The monoisotopic (exact) mass is 441 g/mol. The maximum absolute atomic E-state index is 12.8. The zero-order valence-electron chi connectivity index (χ0n) is 16.6. The molecule has 1 aromatic carbocycles. The Kier molecular flexibility index (Phi) is 6.65. The highest BCUT2D eigenvalue weighted by molar-refractivity contribution is 7.88. The van der Waals surface area contributed by atoms with Gasteiger partial charge in [-0.1, -0.05) is 6.58 Å². The first-order chi connectivity index (χ1) is 14.1. The molecule has 164 valence electrons. The van der Waals surface area contributed by atoms with Crippen LogP contribution in [0.4, 0.5) is 14.5 Å². The summed E-state index contributed by atoms with van der Waals surface area (Å²) in [5.41, 5.74) is 2.33. The molecule has 0 aromatic heterocycles. The Balaban J connectivity index is 1.85. The number of halogens is 2. The zero-order chi connectivity index (χ0) is 22.1. The highest BCUT2D eigenvalue weighted by atomic mass is 32.2. The first-order valence-electron chi connectivity index (χ1n) is 9.66. The van der Waals surface area contributed by atoms with E-state index in [4.69, 9.17) is 10.00 Å². The largest absolute Gasteiger partial charge is 0.487 e. The molecule has 0 amide bonds. The number of aliphatic hydroxyl groups is 1. The second-order valence-electron chi connectivity index (χ2n) is 7.72. The third-order valence-corrected chi connectivity index (χ3v) is 6.93. The molecule has 2 aliphatic rings. The number of hydrogen-bond acceptors (Lipinski definition) is 6. The Hall–Kier alpha value is -2.22. The number of aliphatic hydroxyl groups excluding tert-OH is 1. The third-order valence-electron chi connectivity index (χ3n) is 5.63. The molecule has 0 saturated carbocycles. The van der Waals surface area contributed by atoms with Gasteiger partial charge >= 0.3 is 0 Å². The predicted octanol–water partition coefficient (Wildman–Crippen LogP) is 2.25. The number of ether oxygens (including phenoxy) is 1. The quantitative estimate of drug-likeness (QED) is 0.629. The number of rotatable bonds is 7. The van der Waals surface area contributed by atoms with Gasteiger partial charge in [0.25, 0.3) is 6.43 Å². The average Bonchev–Trinajstić information content (AvgIpc) is 3.12. The molecule has 0 aliphatic carbocycles. The van der Waals surface area contributed by atoms with E-state index in [0.29, 0.717) is 38.1 Å². The molecule has 1 saturated heterocycles. The van der Waals surface area contributed by atoms with Gasteiger partial charge in [-0.25, -0.2) is 21.5 Å². The smallest absolute Gasteiger partial charge is 0.272 e. The van der Waals surface area contributed by atoms with Crippen molar-refractivity contribution in [3.05, 3.63) is 35.4 Å². The van der Waals surface area contributed by atoms with Crippen molar-refractivity contribution in [3.63, 3.8) is 0 Å². The van der Waals surface area contributed by atoms with Gasteiger partial charge in [0.05, 0.1) is 23.9 Å². The Morgan fingerprint density at radius 1 is 1.43 bits per heavy atom. The van der Waals surface area contributed by atoms with Gasteiger partial charge in [-0.2, -0.15) is 5.26 Å². The van der Waals surface area contributed by atoms with Crippen molar-refractivity contribution < 1.29 is 27.0 Å². The Labute approximate surface area is 175 Å². The van der Waals surface area contributed by atoms with Crippen LogP contribution in [0.3, 0.4) is 0 Å². The first kappa shape index (κ1) is 22.5. The Bertz CT molecular complexity index is 954. The van der Waals surface area contributed by atoms with Gasteiger partial charge in [0.15, 0.2) is 0 Å². The van der Waals surface area contributed by atoms with Crippen LogP contribution < -0.4 is 10.1 Å². The van der Waals surface area contributed by atoms with E-state index in [9.17, 15) is 22.3 Å². The van der Waals surface area contributed by atoms with Crippen molar-refractivity contribution in [1.29, 1.82) is 5.26 Å². The van der Waals surface area contributed by atoms with Gasteiger partial charge in [-0.05, 0) is 48.4 Å². The van der Waals surface area contributed by atoms with Gasteiger partial charge < -0.3 is 15.2 Å². The lowest BCUT2D eigenvalue weighted by molar-refractivity contribution is 0.0810. The second-order valence-corrected chi connectivity index (χ2v) is 9.70. The standard InChI is InChI=1S/C20H25F2N3O4S/c1-12(10-23)20(26)17-7-14-8-18(29-11-19(21)22)15(9-16(14)24-17)13-3-5-25(6-4-13)30(2,27)28/h8-9,13,17,19-20,24,26H,1,3-7,11H2,2H3. The van der Waals surface area contributed by atoms with Crippen molar-refractivity contribution in [2.75, 3.05) is 31.3 Å². The van der Waals surface area contributed by atoms with E-state index >= 15 is 0 Å². The number of anilines is 1. The summed E-state index contributed by atoms with van der Waals surface area (Å²) < 4.78 is 55.9. The van der Waals surface area contributed by atoms with Crippen LogP contribution in [-0.2, 0) is 16.4 Å². The average molecular weight is 442 g/mol. The Morgan fingerprint density at radius 3 is 2.67 bits per heavy atom. The fraction of sp³-hybridized carbons (Fsp3) is 0.550. The maximum atomic E-state index is 12.8. The molecule has 30 heavy (non-hydrogen) atoms. The normalized spacial score (nSPS) is 21.0. The summed E-state index contributed by atoms with van der Waals surface area (Å²) in [5.74, 6) is 0.309. The molecule has 2 heterocycles. The summed E-state index contributed by atoms with van der Waals surface area (Å²) in [6.07, 6.45) is -1.01. The summed E-state index contributed by atoms with van der Waals surface area (Å²) in [6, 6.07) is 4.93. The van der Waals surface area contributed by atoms with E-state index in [0.717, 1.165) is 16.8 Å². The van der Waals surface area contributed by atoms with Crippen LogP contribution in [-0.4, -0.2) is 62.4 Å². The summed E-state index contributed by atoms with van der Waals surface area (Å²) in [7, 11) is -3.27. The molecule has 2 unspecified atom stereocenters. The number of nitriles is 1. The number of fused-ring (bicyclic) bond motifs is 1. The maximum Gasteiger partial charge on any atom is 0.272 e. The summed E-state index contributed by atoms with van der Waals surface area (Å²) in [6.45, 7) is 3.52. The van der Waals surface area contributed by atoms with Crippen LogP contribution in [0.1, 0.15) is 29.9 Å². The van der Waals surface area contributed by atoms with E-state index < -0.39 is 35.2 Å². The number of sulfonamides is 1. The molecule has 10 heteroatoms. The van der Waals surface area contributed by atoms with Crippen LogP contribution in [0.5, 0.6) is 5.75 Å². The molecule has 2 N–H and O–H groups in total. The van der Waals surface area contributed by atoms with Crippen LogP contribution in [0, 0.1) is 11.3 Å². The molecular formula is C20H25F2N3O4S. The lowest BCUT2D eigenvalue weighted by Gasteiger charge is -2.31. The predicted molar refractivity (Wildman–Crippen MR) is 108 cm³/mol. The van der Waals surface area contributed by atoms with Crippen LogP contribution >= 0.6 is 0 Å². The third kappa shape index (κ3) is 4.91. The molecule has 0 spiro atoms. The van der Waals surface area contributed by atoms with E-state index in [1.165, 1.54) is 10.6 Å². The molecule has 0 bridgehead atoms. The molecule has 1 fully saturated rings. The lowest BCUT2D eigenvalue weighted by Crippen LogP contribution is -2.37. The second kappa shape index (κ2) is 8.88. The molecule has 1 aromatic rings. The van der Waals surface area contributed by atoms with Crippen LogP contribution in [0.25, 0.3) is 0 Å². The van der Waals surface area contributed by atoms with Gasteiger partial charge in [0.2, 0.25) is 10.0 Å². The number of nitrogens with one attached hydrogen (secondary N) is 1. The van der Waals surface area contributed by atoms with Crippen LogP contribution in [0.15, 0.2) is 24.3 Å². The SMILES string of the molecule is C=C(C#N)C(O)C1Cc2cc(OCC(F)F)c(C3CCN(S(C)(=O)=O)CC3)cc2N1. The minimum atomic E-state index is -3.27. The molecule has 2 aliphatic heterocycles. The van der Waals surface area contributed by atoms with E-state index in [1.807, 2.05) is 12.1 Å². The van der Waals surface area contributed by atoms with Crippen molar-refractivity contribution in [2.24, 2.45) is 0 Å². The highest BCUT2D eigenvalue weighted by Gasteiger charge is 2.32. The fourth-order valence-corrected chi connectivity index (χ4v) is 4.90. The number of piperidine rings is 1.